The predicted molar refractivity (Wildman–Crippen MR) is 76.2 cm³/mol. The number of aromatic nitrogens is 2. The predicted octanol–water partition coefficient (Wildman–Crippen LogP) is 2.92. The number of amides is 1. The fourth-order valence-corrected chi connectivity index (χ4v) is 2.17. The van der Waals surface area contributed by atoms with Gasteiger partial charge in [-0.1, -0.05) is 39.8 Å². The number of hydrogen-bond acceptors (Lipinski definition) is 5. The van der Waals surface area contributed by atoms with Gasteiger partial charge in [-0.25, -0.2) is 5.43 Å². The van der Waals surface area contributed by atoms with Crippen LogP contribution in [0.3, 0.4) is 0 Å². The Morgan fingerprint density at radius 1 is 1.47 bits per heavy atom. The SMILES string of the molecule is Cc1nnsc1C(=O)N/N=C\c1cccc(Cl)c1Cl. The van der Waals surface area contributed by atoms with Gasteiger partial charge in [0.05, 0.1) is 22.0 Å². The number of carbonyl (C=O) groups excluding carboxylic acids is 1. The van der Waals surface area contributed by atoms with Gasteiger partial charge in [0.15, 0.2) is 0 Å². The summed E-state index contributed by atoms with van der Waals surface area (Å²) in [5.74, 6) is -0.359. The van der Waals surface area contributed by atoms with Crippen LogP contribution in [0.25, 0.3) is 0 Å². The van der Waals surface area contributed by atoms with E-state index >= 15 is 0 Å². The second-order valence-electron chi connectivity index (χ2n) is 3.53. The molecule has 5 nitrogen and oxygen atoms in total. The second kappa shape index (κ2) is 6.10. The summed E-state index contributed by atoms with van der Waals surface area (Å²) in [6.07, 6.45) is 1.43. The van der Waals surface area contributed by atoms with Gasteiger partial charge in [-0.05, 0) is 24.5 Å². The average Bonchev–Trinajstić information content (AvgIpc) is 2.81. The highest BCUT2D eigenvalue weighted by molar-refractivity contribution is 7.07. The van der Waals surface area contributed by atoms with E-state index in [1.165, 1.54) is 6.21 Å². The topological polar surface area (TPSA) is 67.2 Å². The number of nitrogens with one attached hydrogen (secondary N) is 1. The number of nitrogens with zero attached hydrogens (tertiary/aromatic N) is 3. The number of aryl methyl sites for hydroxylation is 1. The van der Waals surface area contributed by atoms with Crippen molar-refractivity contribution in [1.29, 1.82) is 0 Å². The zero-order valence-corrected chi connectivity index (χ0v) is 12.1. The molecule has 1 amide bonds. The molecular formula is C11H8Cl2N4OS. The molecule has 0 spiro atoms. The highest BCUT2D eigenvalue weighted by Gasteiger charge is 2.11. The first-order chi connectivity index (χ1) is 9.09. The van der Waals surface area contributed by atoms with Crippen LogP contribution in [0.2, 0.25) is 10.0 Å². The smallest absolute Gasteiger partial charge is 0.266 e. The van der Waals surface area contributed by atoms with Crippen LogP contribution in [0, 0.1) is 6.92 Å². The fourth-order valence-electron chi connectivity index (χ4n) is 1.27. The molecule has 0 saturated carbocycles. The van der Waals surface area contributed by atoms with Crippen LogP contribution < -0.4 is 5.43 Å². The molecule has 0 radical (unpaired) electrons. The Labute approximate surface area is 123 Å². The van der Waals surface area contributed by atoms with E-state index in [9.17, 15) is 4.79 Å². The van der Waals surface area contributed by atoms with E-state index in [1.807, 2.05) is 0 Å². The maximum absolute atomic E-state index is 11.7. The van der Waals surface area contributed by atoms with Gasteiger partial charge >= 0.3 is 0 Å². The lowest BCUT2D eigenvalue weighted by atomic mass is 10.2. The fraction of sp³-hybridized carbons (Fsp3) is 0.0909. The summed E-state index contributed by atoms with van der Waals surface area (Å²) in [5.41, 5.74) is 3.57. The molecule has 0 fully saturated rings. The van der Waals surface area contributed by atoms with Crippen molar-refractivity contribution >= 4 is 46.9 Å². The number of hydrogen-bond donors (Lipinski definition) is 1. The van der Waals surface area contributed by atoms with Crippen molar-refractivity contribution in [3.05, 3.63) is 44.4 Å². The van der Waals surface area contributed by atoms with Crippen LogP contribution in [-0.4, -0.2) is 21.7 Å². The minimum Gasteiger partial charge on any atom is -0.266 e. The van der Waals surface area contributed by atoms with Gasteiger partial charge in [-0.2, -0.15) is 5.10 Å². The van der Waals surface area contributed by atoms with Crippen molar-refractivity contribution in [3.63, 3.8) is 0 Å². The molecule has 1 aromatic heterocycles. The molecule has 1 heterocycles. The van der Waals surface area contributed by atoms with Gasteiger partial charge < -0.3 is 0 Å². The van der Waals surface area contributed by atoms with Crippen LogP contribution in [0.15, 0.2) is 23.3 Å². The Hall–Kier alpha value is -1.50. The van der Waals surface area contributed by atoms with Crippen molar-refractivity contribution in [3.8, 4) is 0 Å². The Bertz CT molecular complexity index is 641. The lowest BCUT2D eigenvalue weighted by molar-refractivity contribution is 0.0958. The first-order valence-corrected chi connectivity index (χ1v) is 6.69. The summed E-state index contributed by atoms with van der Waals surface area (Å²) in [4.78, 5) is 12.1. The van der Waals surface area contributed by atoms with E-state index in [-0.39, 0.29) is 5.91 Å². The summed E-state index contributed by atoms with van der Waals surface area (Å²) in [7, 11) is 0. The minimum absolute atomic E-state index is 0.359. The third kappa shape index (κ3) is 3.28. The van der Waals surface area contributed by atoms with Gasteiger partial charge in [0.25, 0.3) is 5.91 Å². The third-order valence-corrected chi connectivity index (χ3v) is 3.87. The van der Waals surface area contributed by atoms with Crippen LogP contribution >= 0.6 is 34.7 Å². The Morgan fingerprint density at radius 3 is 2.95 bits per heavy atom. The summed E-state index contributed by atoms with van der Waals surface area (Å²) >= 11 is 12.9. The summed E-state index contributed by atoms with van der Waals surface area (Å²) < 4.78 is 3.68. The Morgan fingerprint density at radius 2 is 2.26 bits per heavy atom. The van der Waals surface area contributed by atoms with Gasteiger partial charge in [0.1, 0.15) is 4.88 Å². The monoisotopic (exact) mass is 314 g/mol. The average molecular weight is 315 g/mol. The van der Waals surface area contributed by atoms with Crippen LogP contribution in [0.5, 0.6) is 0 Å². The first-order valence-electron chi connectivity index (χ1n) is 5.16. The van der Waals surface area contributed by atoms with E-state index < -0.39 is 0 Å². The number of benzene rings is 1. The normalized spacial score (nSPS) is 10.9. The zero-order chi connectivity index (χ0) is 13.8. The zero-order valence-electron chi connectivity index (χ0n) is 9.72. The molecule has 1 aromatic carbocycles. The van der Waals surface area contributed by atoms with Crippen molar-refractivity contribution in [2.24, 2.45) is 5.10 Å². The maximum Gasteiger partial charge on any atom is 0.285 e. The molecule has 2 rings (SSSR count). The number of halogens is 2. The molecule has 98 valence electrons. The molecule has 0 atom stereocenters. The molecule has 19 heavy (non-hydrogen) atoms. The molecule has 1 N–H and O–H groups in total. The lowest BCUT2D eigenvalue weighted by Gasteiger charge is -2.00. The standard InChI is InChI=1S/C11H8Cl2N4OS/c1-6-10(19-17-15-6)11(18)16-14-5-7-3-2-4-8(12)9(7)13/h2-5H,1H3,(H,16,18)/b14-5-. The van der Waals surface area contributed by atoms with E-state index in [0.29, 0.717) is 26.2 Å². The quantitative estimate of drug-likeness (QED) is 0.699. The van der Waals surface area contributed by atoms with Crippen LogP contribution in [0.1, 0.15) is 20.9 Å². The molecule has 0 aliphatic rings. The summed E-state index contributed by atoms with van der Waals surface area (Å²) in [6.45, 7) is 1.70. The minimum atomic E-state index is -0.359. The summed E-state index contributed by atoms with van der Waals surface area (Å²) in [5, 5.41) is 8.39. The lowest BCUT2D eigenvalue weighted by Crippen LogP contribution is -2.17. The van der Waals surface area contributed by atoms with E-state index in [2.05, 4.69) is 20.1 Å². The molecule has 0 aliphatic carbocycles. The Balaban J connectivity index is 2.07. The molecule has 8 heteroatoms. The Kier molecular flexibility index (Phi) is 4.47. The third-order valence-electron chi connectivity index (χ3n) is 2.21. The van der Waals surface area contributed by atoms with Crippen LogP contribution in [-0.2, 0) is 0 Å². The van der Waals surface area contributed by atoms with Gasteiger partial charge in [-0.15, -0.1) is 5.10 Å². The highest BCUT2D eigenvalue weighted by atomic mass is 35.5. The molecule has 2 aromatic rings. The molecule has 0 aliphatic heterocycles. The largest absolute Gasteiger partial charge is 0.285 e. The maximum atomic E-state index is 11.7. The van der Waals surface area contributed by atoms with Gasteiger partial charge in [0, 0.05) is 5.56 Å². The first kappa shape index (κ1) is 13.9. The van der Waals surface area contributed by atoms with Gasteiger partial charge in [-0.3, -0.25) is 4.79 Å². The van der Waals surface area contributed by atoms with Crippen molar-refractivity contribution in [2.75, 3.05) is 0 Å². The highest BCUT2D eigenvalue weighted by Crippen LogP contribution is 2.24. The molecule has 0 unspecified atom stereocenters. The van der Waals surface area contributed by atoms with Crippen molar-refractivity contribution in [1.82, 2.24) is 15.0 Å². The molecule has 0 bridgehead atoms. The number of hydrazone groups is 1. The van der Waals surface area contributed by atoms with Crippen molar-refractivity contribution in [2.45, 2.75) is 6.92 Å². The number of rotatable bonds is 3. The second-order valence-corrected chi connectivity index (χ2v) is 5.07. The van der Waals surface area contributed by atoms with E-state index in [1.54, 1.807) is 25.1 Å². The molecular weight excluding hydrogens is 307 g/mol. The summed E-state index contributed by atoms with van der Waals surface area (Å²) in [6, 6.07) is 5.16. The van der Waals surface area contributed by atoms with Crippen LogP contribution in [0.4, 0.5) is 0 Å². The van der Waals surface area contributed by atoms with E-state index in [4.69, 9.17) is 23.2 Å². The van der Waals surface area contributed by atoms with Gasteiger partial charge in [0.2, 0.25) is 0 Å². The van der Waals surface area contributed by atoms with E-state index in [0.717, 1.165) is 11.5 Å². The molecule has 0 saturated heterocycles. The number of carbonyl (C=O) groups is 1. The van der Waals surface area contributed by atoms with Crippen molar-refractivity contribution < 1.29 is 4.79 Å².